The standard InChI is InChI=1S/C55H85N19O22S2/c1-19-32(71-45(74-43(19)60)23(11-30(59)78)66-12-21(56)44(61)84)48(87)72-33(39(24-13-63-18-67-24)94-53-41(37(82)35(80)27(14-76)93-53)95-52-38(83)40(96-54(62)90)36(81)28(15-77)92-52)49(88)69-22(7-10-75)34(79)20(2)46(85)73-42(55(3,4)91)50(89)65-9-6-31-68-26(17-97-31)51-70-25(16-98-51)47(86)64-8-5-29(57)58/h13,16,18,20-23,26-28,33-42,52-53,66,75-77,79-83,91H,5-12,14-15,17,56H2,1-4H3,(H3,57,58)(H2,59,78)(H2,61,84)(H2,62,90)(H,63,67)(H,64,86)(H,65,89)(H,69,88)(H,72,87)(H,73,85)(H2,60,71,74)/t20-,21-,22+,23-,26+,27-,28-,33-,34-,35+,36+,37-,38-,39-,40-,41-,42+,52+,53-/m0/s1. The number of amides is 8. The second-order valence-electron chi connectivity index (χ2n) is 23.5. The molecule has 0 aromatic carbocycles. The van der Waals surface area contributed by atoms with Crippen molar-refractivity contribution in [2.75, 3.05) is 50.9 Å². The van der Waals surface area contributed by atoms with Crippen LogP contribution in [0.3, 0.4) is 0 Å². The molecule has 0 unspecified atom stereocenters. The van der Waals surface area contributed by atoms with Crippen molar-refractivity contribution in [3.8, 4) is 0 Å². The van der Waals surface area contributed by atoms with E-state index in [4.69, 9.17) is 63.5 Å². The molecule has 0 spiro atoms. The van der Waals surface area contributed by atoms with Crippen molar-refractivity contribution >= 4 is 87.2 Å². The van der Waals surface area contributed by atoms with Crippen molar-refractivity contribution in [2.24, 2.45) is 39.6 Å². The van der Waals surface area contributed by atoms with Crippen LogP contribution < -0.4 is 66.3 Å². The lowest BCUT2D eigenvalue weighted by atomic mass is 9.92. The number of hydrogen-bond donors (Lipinski definition) is 23. The molecule has 43 heteroatoms. The number of nitrogen functional groups attached to an aromatic ring is 1. The molecular formula is C55H85N19O22S2. The number of amidine groups is 1. The van der Waals surface area contributed by atoms with Crippen LogP contribution in [0.4, 0.5) is 10.6 Å². The van der Waals surface area contributed by atoms with Gasteiger partial charge in [-0.3, -0.25) is 44.0 Å². The topological polar surface area (TPSA) is 697 Å². The number of rotatable bonds is 36. The fourth-order valence-electron chi connectivity index (χ4n) is 10.2. The first-order chi connectivity index (χ1) is 46.2. The van der Waals surface area contributed by atoms with E-state index >= 15 is 9.59 Å². The number of nitrogens with two attached hydrogens (primary N) is 6. The summed E-state index contributed by atoms with van der Waals surface area (Å²) in [6.45, 7) is 1.80. The van der Waals surface area contributed by atoms with Gasteiger partial charge in [0.1, 0.15) is 95.0 Å². The molecule has 0 aliphatic carbocycles. The van der Waals surface area contributed by atoms with Gasteiger partial charge in [0.15, 0.2) is 18.7 Å². The molecule has 3 aliphatic heterocycles. The number of hydrogen-bond acceptors (Lipinski definition) is 33. The van der Waals surface area contributed by atoms with E-state index in [-0.39, 0.29) is 66.9 Å². The first-order valence-corrected chi connectivity index (χ1v) is 32.2. The third kappa shape index (κ3) is 20.9. The van der Waals surface area contributed by atoms with Gasteiger partial charge in [0.05, 0.1) is 78.1 Å². The zero-order valence-electron chi connectivity index (χ0n) is 53.3. The lowest BCUT2D eigenvalue weighted by Crippen LogP contribution is -2.65. The highest BCUT2D eigenvalue weighted by Crippen LogP contribution is 2.36. The summed E-state index contributed by atoms with van der Waals surface area (Å²) in [6, 6.07) is -8.70. The Kier molecular flexibility index (Phi) is 28.9. The number of aromatic amines is 1. The van der Waals surface area contributed by atoms with Crippen LogP contribution in [0, 0.1) is 18.3 Å². The predicted octanol–water partition coefficient (Wildman–Crippen LogP) is -8.98. The normalized spacial score (nSPS) is 25.0. The smallest absolute Gasteiger partial charge is 0.404 e. The van der Waals surface area contributed by atoms with Crippen molar-refractivity contribution in [1.29, 1.82) is 5.41 Å². The molecule has 0 saturated carbocycles. The third-order valence-electron chi connectivity index (χ3n) is 15.7. The average molecular weight is 1430 g/mol. The summed E-state index contributed by atoms with van der Waals surface area (Å²) in [7, 11) is 0. The number of H-pyrrole nitrogens is 1. The summed E-state index contributed by atoms with van der Waals surface area (Å²) < 4.78 is 28.8. The number of carbonyl (C=O) groups is 8. The van der Waals surface area contributed by atoms with Crippen LogP contribution in [0.25, 0.3) is 0 Å². The van der Waals surface area contributed by atoms with Crippen molar-refractivity contribution in [3.63, 3.8) is 0 Å². The fourth-order valence-corrected chi connectivity index (χ4v) is 12.1. The van der Waals surface area contributed by atoms with Gasteiger partial charge in [0.25, 0.3) is 11.8 Å². The predicted molar refractivity (Wildman–Crippen MR) is 340 cm³/mol. The van der Waals surface area contributed by atoms with Crippen LogP contribution in [0.5, 0.6) is 0 Å². The largest absolute Gasteiger partial charge is 0.441 e. The van der Waals surface area contributed by atoms with Gasteiger partial charge in [-0.2, -0.15) is 0 Å². The van der Waals surface area contributed by atoms with Gasteiger partial charge < -0.3 is 141 Å². The molecule has 0 radical (unpaired) electrons. The Morgan fingerprint density at radius 3 is 2.15 bits per heavy atom. The number of aliphatic hydroxyl groups is 9. The van der Waals surface area contributed by atoms with E-state index in [0.29, 0.717) is 15.8 Å². The minimum absolute atomic E-state index is 0.0370. The van der Waals surface area contributed by atoms with Crippen LogP contribution in [0.2, 0.25) is 0 Å². The van der Waals surface area contributed by atoms with Gasteiger partial charge in [-0.05, 0) is 27.2 Å². The average Bonchev–Trinajstić information content (AvgIpc) is 0.936. The van der Waals surface area contributed by atoms with Gasteiger partial charge in [0.2, 0.25) is 29.5 Å². The zero-order valence-corrected chi connectivity index (χ0v) is 55.0. The van der Waals surface area contributed by atoms with E-state index in [9.17, 15) is 74.7 Å². The van der Waals surface area contributed by atoms with Crippen LogP contribution in [0.15, 0.2) is 22.9 Å². The van der Waals surface area contributed by atoms with Crippen molar-refractivity contribution in [3.05, 3.63) is 51.4 Å². The second-order valence-corrected chi connectivity index (χ2v) is 25.5. The molecule has 3 aliphatic rings. The van der Waals surface area contributed by atoms with E-state index in [1.165, 1.54) is 50.8 Å². The molecule has 2 fully saturated rings. The van der Waals surface area contributed by atoms with E-state index in [0.717, 1.165) is 12.5 Å². The number of thiazole rings is 1. The quantitative estimate of drug-likeness (QED) is 0.0190. The number of nitrogens with zero attached hydrogens (tertiary/aromatic N) is 5. The van der Waals surface area contributed by atoms with Crippen LogP contribution in [0.1, 0.15) is 108 Å². The molecule has 29 N–H and O–H groups in total. The second kappa shape index (κ2) is 35.8. The third-order valence-corrected chi connectivity index (χ3v) is 17.7. The minimum Gasteiger partial charge on any atom is -0.441 e. The Labute approximate surface area is 566 Å². The van der Waals surface area contributed by atoms with E-state index in [1.807, 2.05) is 0 Å². The molecule has 6 heterocycles. The number of thioether (sulfide) groups is 1. The van der Waals surface area contributed by atoms with Gasteiger partial charge >= 0.3 is 6.09 Å². The first-order valence-electron chi connectivity index (χ1n) is 30.4. The number of aliphatic hydroxyl groups excluding tert-OH is 8. The maximum Gasteiger partial charge on any atom is 0.404 e. The van der Waals surface area contributed by atoms with E-state index in [2.05, 4.69) is 61.8 Å². The highest BCUT2D eigenvalue weighted by atomic mass is 32.2. The molecule has 3 aromatic heterocycles. The number of imidazole rings is 1. The number of anilines is 1. The highest BCUT2D eigenvalue weighted by Gasteiger charge is 2.54. The van der Waals surface area contributed by atoms with Crippen LogP contribution >= 0.6 is 23.1 Å². The maximum absolute atomic E-state index is 15.4. The Morgan fingerprint density at radius 1 is 0.857 bits per heavy atom. The minimum atomic E-state index is -2.27. The van der Waals surface area contributed by atoms with Crippen LogP contribution in [-0.2, 0) is 47.7 Å². The van der Waals surface area contributed by atoms with Gasteiger partial charge in [-0.25, -0.2) is 24.7 Å². The first kappa shape index (κ1) is 79.2. The van der Waals surface area contributed by atoms with Crippen molar-refractivity contribution in [1.82, 2.24) is 56.8 Å². The summed E-state index contributed by atoms with van der Waals surface area (Å²) in [5, 5.41) is 125. The summed E-state index contributed by atoms with van der Waals surface area (Å²) in [6.07, 6.45) is -24.6. The Bertz CT molecular complexity index is 3300. The van der Waals surface area contributed by atoms with Crippen molar-refractivity contribution in [2.45, 2.75) is 169 Å². The van der Waals surface area contributed by atoms with Crippen LogP contribution in [-0.4, -0.2) is 272 Å². The summed E-state index contributed by atoms with van der Waals surface area (Å²) in [5.74, 6) is -8.92. The lowest BCUT2D eigenvalue weighted by molar-refractivity contribution is -0.372. The Morgan fingerprint density at radius 2 is 1.54 bits per heavy atom. The molecule has 2 saturated heterocycles. The van der Waals surface area contributed by atoms with E-state index < -0.39 is 207 Å². The molecule has 8 amide bonds. The van der Waals surface area contributed by atoms with Gasteiger partial charge in [-0.1, -0.05) is 6.92 Å². The highest BCUT2D eigenvalue weighted by molar-refractivity contribution is 8.14. The molecule has 98 heavy (non-hydrogen) atoms. The monoisotopic (exact) mass is 1430 g/mol. The van der Waals surface area contributed by atoms with E-state index in [1.54, 1.807) is 5.38 Å². The molecule has 6 rings (SSSR count). The van der Waals surface area contributed by atoms with Gasteiger partial charge in [0, 0.05) is 62.2 Å². The Balaban J connectivity index is 1.31. The maximum atomic E-state index is 15.4. The zero-order chi connectivity index (χ0) is 72.6. The number of nitrogens with one attached hydrogen (secondary N) is 8. The van der Waals surface area contributed by atoms with Crippen molar-refractivity contribution < 1.29 is 108 Å². The number of carbonyl (C=O) groups excluding carboxylic acids is 8. The summed E-state index contributed by atoms with van der Waals surface area (Å²) in [5.41, 5.74) is 30.8. The molecule has 19 atom stereocenters. The SMILES string of the molecule is Cc1c(N)nc([C@H](CC(N)=O)NC[C@H](N)C(N)=O)nc1C(=O)N[C@H](C(=O)N[C@H](CCO)[C@@H](O)[C@H](C)C(=O)N[C@H](C(=O)NCCC1=N[C@@H](c2nc(C(=O)NCCC(=N)N)cs2)CS1)C(C)(C)O)[C@@H](O[C@@H]1O[C@@H](CO)[C@@H](O)[C@H](O)[C@@H]1O[C@H]1O[C@@H](CO)[C@@H](O)[C@H](OC(N)=O)[C@@H]1O)c1cnc[nH]1. The molecular weight excluding hydrogens is 1340 g/mol. The molecule has 41 nitrogen and oxygen atoms in total. The summed E-state index contributed by atoms with van der Waals surface area (Å²) >= 11 is 2.62. The molecule has 544 valence electrons. The number of primary amides is 3. The molecule has 3 aromatic rings. The number of aliphatic imine (C=N–C) groups is 1. The fraction of sp³-hybridized carbons (Fsp3) is 0.636. The number of ether oxygens (including phenoxy) is 5. The molecule has 0 bridgehead atoms. The lowest BCUT2D eigenvalue weighted by Gasteiger charge is -2.47. The number of aromatic nitrogens is 5. The van der Waals surface area contributed by atoms with Gasteiger partial charge in [-0.15, -0.1) is 23.1 Å². The summed E-state index contributed by atoms with van der Waals surface area (Å²) in [4.78, 5) is 131. The Hall–Kier alpha value is -7.83.